The normalized spacial score (nSPS) is 15.0. The minimum atomic E-state index is -5.06. The van der Waals surface area contributed by atoms with Gasteiger partial charge >= 0.3 is 12.4 Å². The molecule has 0 saturated heterocycles. The van der Waals surface area contributed by atoms with Crippen LogP contribution in [0.3, 0.4) is 0 Å². The number of hydrogen-bond acceptors (Lipinski definition) is 3. The lowest BCUT2D eigenvalue weighted by molar-refractivity contribution is -0.143. The van der Waals surface area contributed by atoms with Crippen LogP contribution < -0.4 is 5.73 Å². The fourth-order valence-electron chi connectivity index (χ4n) is 1.52. The fraction of sp³-hybridized carbons (Fsp3) is 0.400. The summed E-state index contributed by atoms with van der Waals surface area (Å²) in [5, 5.41) is 0. The average molecular weight is 337 g/mol. The molecule has 0 heterocycles. The standard InChI is InChI=1S/C10H9F6NO3S/c11-9(12,13)6-1-5(8(17)4-21(18,19)20)2-7(3-6)10(14,15)16/h1-3,8H,4,17H2,(H,18,19,20). The van der Waals surface area contributed by atoms with Crippen LogP contribution in [0.5, 0.6) is 0 Å². The molecule has 120 valence electrons. The molecule has 0 radical (unpaired) electrons. The van der Waals surface area contributed by atoms with E-state index in [0.717, 1.165) is 0 Å². The first-order valence-corrected chi connectivity index (χ1v) is 6.81. The number of rotatable bonds is 3. The zero-order valence-electron chi connectivity index (χ0n) is 10.0. The smallest absolute Gasteiger partial charge is 0.323 e. The lowest BCUT2D eigenvalue weighted by Gasteiger charge is -2.17. The predicted octanol–water partition coefficient (Wildman–Crippen LogP) is 2.61. The molecule has 0 aliphatic carbocycles. The average Bonchev–Trinajstić information content (AvgIpc) is 2.23. The second-order valence-corrected chi connectivity index (χ2v) is 5.69. The van der Waals surface area contributed by atoms with E-state index in [1.807, 2.05) is 0 Å². The molecule has 0 spiro atoms. The Labute approximate surface area is 115 Å². The third-order valence-corrected chi connectivity index (χ3v) is 3.21. The molecule has 21 heavy (non-hydrogen) atoms. The van der Waals surface area contributed by atoms with Crippen molar-refractivity contribution in [1.29, 1.82) is 0 Å². The Morgan fingerprint density at radius 1 is 1.00 bits per heavy atom. The van der Waals surface area contributed by atoms with Crippen LogP contribution in [0.15, 0.2) is 18.2 Å². The lowest BCUT2D eigenvalue weighted by Crippen LogP contribution is -2.22. The van der Waals surface area contributed by atoms with Gasteiger partial charge in [0, 0.05) is 6.04 Å². The van der Waals surface area contributed by atoms with Crippen molar-refractivity contribution < 1.29 is 39.3 Å². The minimum absolute atomic E-state index is 0.107. The monoisotopic (exact) mass is 337 g/mol. The molecule has 0 aromatic heterocycles. The van der Waals surface area contributed by atoms with Crippen molar-refractivity contribution in [2.45, 2.75) is 18.4 Å². The summed E-state index contributed by atoms with van der Waals surface area (Å²) in [5.74, 6) is -1.20. The number of hydrogen-bond donors (Lipinski definition) is 2. The molecule has 0 saturated carbocycles. The van der Waals surface area contributed by atoms with Gasteiger partial charge in [-0.25, -0.2) is 0 Å². The predicted molar refractivity (Wildman–Crippen MR) is 59.8 cm³/mol. The van der Waals surface area contributed by atoms with Crippen molar-refractivity contribution in [1.82, 2.24) is 0 Å². The Morgan fingerprint density at radius 2 is 1.38 bits per heavy atom. The van der Waals surface area contributed by atoms with E-state index >= 15 is 0 Å². The molecule has 0 fully saturated rings. The quantitative estimate of drug-likeness (QED) is 0.656. The van der Waals surface area contributed by atoms with Gasteiger partial charge in [-0.2, -0.15) is 34.8 Å². The van der Waals surface area contributed by atoms with Gasteiger partial charge in [0.2, 0.25) is 0 Å². The summed E-state index contributed by atoms with van der Waals surface area (Å²) < 4.78 is 105. The summed E-state index contributed by atoms with van der Waals surface area (Å²) in [5.41, 5.74) is 1.31. The van der Waals surface area contributed by atoms with E-state index in [1.165, 1.54) is 0 Å². The van der Waals surface area contributed by atoms with Crippen molar-refractivity contribution in [2.75, 3.05) is 5.75 Å². The maximum absolute atomic E-state index is 12.6. The van der Waals surface area contributed by atoms with Gasteiger partial charge in [-0.05, 0) is 23.8 Å². The SMILES string of the molecule is NC(CS(=O)(=O)O)c1cc(C(F)(F)F)cc(C(F)(F)F)c1. The van der Waals surface area contributed by atoms with Gasteiger partial charge in [-0.1, -0.05) is 0 Å². The summed E-state index contributed by atoms with van der Waals surface area (Å²) in [6.07, 6.45) is -10.1. The van der Waals surface area contributed by atoms with Crippen molar-refractivity contribution in [3.8, 4) is 0 Å². The van der Waals surface area contributed by atoms with Crippen LogP contribution in [0.1, 0.15) is 22.7 Å². The highest BCUT2D eigenvalue weighted by atomic mass is 32.2. The van der Waals surface area contributed by atoms with Crippen molar-refractivity contribution >= 4 is 10.1 Å². The van der Waals surface area contributed by atoms with Crippen LogP contribution in [0.25, 0.3) is 0 Å². The summed E-state index contributed by atoms with van der Waals surface area (Å²) in [7, 11) is -4.66. The van der Waals surface area contributed by atoms with Gasteiger partial charge in [0.25, 0.3) is 10.1 Å². The first kappa shape index (κ1) is 17.7. The van der Waals surface area contributed by atoms with Gasteiger partial charge in [-0.3, -0.25) is 4.55 Å². The van der Waals surface area contributed by atoms with Crippen LogP contribution >= 0.6 is 0 Å². The third kappa shape index (κ3) is 5.17. The van der Waals surface area contributed by atoms with E-state index in [9.17, 15) is 34.8 Å². The van der Waals surface area contributed by atoms with Gasteiger partial charge in [0.1, 0.15) is 0 Å². The Morgan fingerprint density at radius 3 is 1.67 bits per heavy atom. The molecule has 0 aliphatic heterocycles. The summed E-state index contributed by atoms with van der Waals surface area (Å²) in [4.78, 5) is 0. The summed E-state index contributed by atoms with van der Waals surface area (Å²) >= 11 is 0. The highest BCUT2D eigenvalue weighted by Gasteiger charge is 2.37. The van der Waals surface area contributed by atoms with Crippen molar-refractivity contribution in [3.63, 3.8) is 0 Å². The van der Waals surface area contributed by atoms with Crippen molar-refractivity contribution in [2.24, 2.45) is 5.73 Å². The van der Waals surface area contributed by atoms with E-state index in [0.29, 0.717) is 12.1 Å². The second kappa shape index (κ2) is 5.46. The molecule has 1 unspecified atom stereocenters. The molecule has 1 atom stereocenters. The first-order valence-electron chi connectivity index (χ1n) is 5.20. The Balaban J connectivity index is 3.39. The molecule has 1 aromatic carbocycles. The van der Waals surface area contributed by atoms with E-state index in [2.05, 4.69) is 0 Å². The van der Waals surface area contributed by atoms with E-state index < -0.39 is 51.0 Å². The van der Waals surface area contributed by atoms with Crippen LogP contribution in [0.2, 0.25) is 0 Å². The molecule has 0 bridgehead atoms. The zero-order chi connectivity index (χ0) is 16.6. The summed E-state index contributed by atoms with van der Waals surface area (Å²) in [6, 6.07) is -1.22. The number of halogens is 6. The second-order valence-electron chi connectivity index (χ2n) is 4.19. The lowest BCUT2D eigenvalue weighted by atomic mass is 10.0. The number of alkyl halides is 6. The van der Waals surface area contributed by atoms with Gasteiger partial charge < -0.3 is 5.73 Å². The van der Waals surface area contributed by atoms with Gasteiger partial charge in [0.05, 0.1) is 16.9 Å². The summed E-state index contributed by atoms with van der Waals surface area (Å²) in [6.45, 7) is 0. The Hall–Kier alpha value is -1.33. The molecule has 3 N–H and O–H groups in total. The van der Waals surface area contributed by atoms with E-state index in [1.54, 1.807) is 0 Å². The van der Waals surface area contributed by atoms with E-state index in [4.69, 9.17) is 10.3 Å². The topological polar surface area (TPSA) is 80.4 Å². The number of benzene rings is 1. The highest BCUT2D eigenvalue weighted by Crippen LogP contribution is 2.37. The Bertz CT molecular complexity index is 590. The molecule has 11 heteroatoms. The van der Waals surface area contributed by atoms with Crippen LogP contribution in [-0.4, -0.2) is 18.7 Å². The first-order chi connectivity index (χ1) is 9.20. The molecular formula is C10H9F6NO3S. The molecule has 0 aliphatic rings. The zero-order valence-corrected chi connectivity index (χ0v) is 10.9. The minimum Gasteiger partial charge on any atom is -0.323 e. The van der Waals surface area contributed by atoms with Crippen LogP contribution in [0.4, 0.5) is 26.3 Å². The van der Waals surface area contributed by atoms with E-state index in [-0.39, 0.29) is 6.07 Å². The van der Waals surface area contributed by atoms with Crippen molar-refractivity contribution in [3.05, 3.63) is 34.9 Å². The van der Waals surface area contributed by atoms with Crippen LogP contribution in [0, 0.1) is 0 Å². The third-order valence-electron chi connectivity index (χ3n) is 2.43. The fourth-order valence-corrected chi connectivity index (χ4v) is 2.16. The maximum atomic E-state index is 12.6. The Kier molecular flexibility index (Phi) is 4.61. The molecule has 0 amide bonds. The maximum Gasteiger partial charge on any atom is 0.416 e. The highest BCUT2D eigenvalue weighted by molar-refractivity contribution is 7.85. The van der Waals surface area contributed by atoms with Crippen LogP contribution in [-0.2, 0) is 22.5 Å². The number of nitrogens with two attached hydrogens (primary N) is 1. The van der Waals surface area contributed by atoms with Gasteiger partial charge in [0.15, 0.2) is 0 Å². The molecule has 4 nitrogen and oxygen atoms in total. The van der Waals surface area contributed by atoms with Gasteiger partial charge in [-0.15, -0.1) is 0 Å². The largest absolute Gasteiger partial charge is 0.416 e. The molecule has 1 aromatic rings. The molecular weight excluding hydrogens is 328 g/mol. The molecule has 1 rings (SSSR count).